The van der Waals surface area contributed by atoms with Crippen LogP contribution >= 0.6 is 0 Å². The van der Waals surface area contributed by atoms with Crippen LogP contribution in [-0.2, 0) is 4.74 Å². The Morgan fingerprint density at radius 3 is 3.06 bits per heavy atom. The predicted octanol–water partition coefficient (Wildman–Crippen LogP) is 4.56. The molecule has 0 spiro atoms. The summed E-state index contributed by atoms with van der Waals surface area (Å²) in [5, 5.41) is 0. The normalized spacial score (nSPS) is 35.2. The zero-order valence-corrected chi connectivity index (χ0v) is 11.0. The first-order valence-corrected chi connectivity index (χ1v) is 6.98. The number of hydrogen-bond donors (Lipinski definition) is 0. The van der Waals surface area contributed by atoms with Crippen molar-refractivity contribution in [1.82, 2.24) is 0 Å². The molecule has 0 aromatic rings. The molecule has 0 amide bonds. The third-order valence-electron chi connectivity index (χ3n) is 3.60. The summed E-state index contributed by atoms with van der Waals surface area (Å²) >= 11 is 0. The summed E-state index contributed by atoms with van der Waals surface area (Å²) in [4.78, 5) is 0. The van der Waals surface area contributed by atoms with Gasteiger partial charge in [0.1, 0.15) is 0 Å². The summed E-state index contributed by atoms with van der Waals surface area (Å²) in [5.74, 6) is 0. The van der Waals surface area contributed by atoms with Gasteiger partial charge in [-0.2, -0.15) is 0 Å². The Kier molecular flexibility index (Phi) is 5.06. The van der Waals surface area contributed by atoms with E-state index in [0.29, 0.717) is 6.10 Å². The number of allylic oxidation sites excluding steroid dienone is 4. The second-order valence-corrected chi connectivity index (χ2v) is 5.25. The molecule has 2 rings (SSSR count). The second-order valence-electron chi connectivity index (χ2n) is 5.25. The van der Waals surface area contributed by atoms with E-state index in [9.17, 15) is 0 Å². The first kappa shape index (κ1) is 12.6. The van der Waals surface area contributed by atoms with Gasteiger partial charge in [-0.05, 0) is 57.4 Å². The van der Waals surface area contributed by atoms with Crippen molar-refractivity contribution in [2.45, 2.75) is 58.0 Å². The van der Waals surface area contributed by atoms with E-state index in [1.54, 1.807) is 0 Å². The maximum Gasteiger partial charge on any atom is 0.0762 e. The number of fused-ring (bicyclic) bond motifs is 3. The fourth-order valence-electron chi connectivity index (χ4n) is 2.53. The first-order valence-electron chi connectivity index (χ1n) is 6.98. The third-order valence-corrected chi connectivity index (χ3v) is 3.60. The minimum Gasteiger partial charge on any atom is -0.370 e. The van der Waals surface area contributed by atoms with Crippen LogP contribution < -0.4 is 0 Å². The van der Waals surface area contributed by atoms with Crippen LogP contribution in [0.4, 0.5) is 0 Å². The Hall–Kier alpha value is -0.820. The maximum atomic E-state index is 5.97. The van der Waals surface area contributed by atoms with Crippen molar-refractivity contribution in [3.8, 4) is 0 Å². The molecule has 94 valence electrons. The molecule has 2 bridgehead atoms. The molecule has 0 aromatic heterocycles. The molecule has 0 saturated carbocycles. The second kappa shape index (κ2) is 6.80. The Morgan fingerprint density at radius 2 is 2.12 bits per heavy atom. The van der Waals surface area contributed by atoms with Crippen LogP contribution in [0.5, 0.6) is 0 Å². The molecule has 0 radical (unpaired) electrons. The van der Waals surface area contributed by atoms with Crippen molar-refractivity contribution in [2.75, 3.05) is 6.61 Å². The van der Waals surface area contributed by atoms with Gasteiger partial charge >= 0.3 is 0 Å². The van der Waals surface area contributed by atoms with Gasteiger partial charge in [0, 0.05) is 0 Å². The highest BCUT2D eigenvalue weighted by atomic mass is 16.5. The molecule has 1 unspecified atom stereocenters. The molecule has 0 aliphatic carbocycles. The van der Waals surface area contributed by atoms with Crippen molar-refractivity contribution >= 4 is 0 Å². The molecule has 1 saturated heterocycles. The molecular formula is C16H24O. The monoisotopic (exact) mass is 232 g/mol. The highest BCUT2D eigenvalue weighted by Crippen LogP contribution is 2.21. The van der Waals surface area contributed by atoms with E-state index in [0.717, 1.165) is 6.61 Å². The third kappa shape index (κ3) is 4.51. The minimum atomic E-state index is 0.352. The quantitative estimate of drug-likeness (QED) is 0.556. The predicted molar refractivity (Wildman–Crippen MR) is 73.0 cm³/mol. The van der Waals surface area contributed by atoms with E-state index < -0.39 is 0 Å². The van der Waals surface area contributed by atoms with Gasteiger partial charge in [0.05, 0.1) is 12.7 Å². The van der Waals surface area contributed by atoms with Crippen LogP contribution in [-0.4, -0.2) is 12.7 Å². The Labute approximate surface area is 105 Å². The number of rotatable bonds is 0. The molecular weight excluding hydrogens is 208 g/mol. The van der Waals surface area contributed by atoms with Gasteiger partial charge in [-0.15, -0.1) is 0 Å². The Morgan fingerprint density at radius 1 is 1.18 bits per heavy atom. The molecule has 17 heavy (non-hydrogen) atoms. The minimum absolute atomic E-state index is 0.352. The van der Waals surface area contributed by atoms with Gasteiger partial charge in [0.25, 0.3) is 0 Å². The number of ether oxygens (including phenoxy) is 1. The van der Waals surface area contributed by atoms with Gasteiger partial charge in [-0.25, -0.2) is 0 Å². The van der Waals surface area contributed by atoms with Crippen LogP contribution in [0.3, 0.4) is 0 Å². The summed E-state index contributed by atoms with van der Waals surface area (Å²) in [5.41, 5.74) is 2.96. The molecule has 1 atom stereocenters. The lowest BCUT2D eigenvalue weighted by molar-refractivity contribution is 0.106. The molecule has 1 fully saturated rings. The zero-order chi connectivity index (χ0) is 11.9. The largest absolute Gasteiger partial charge is 0.370 e. The maximum absolute atomic E-state index is 5.97. The average molecular weight is 232 g/mol. The Bertz CT molecular complexity index is 322. The highest BCUT2D eigenvalue weighted by molar-refractivity contribution is 5.15. The molecule has 1 nitrogen and oxygen atoms in total. The molecule has 2 aliphatic rings. The molecule has 2 aliphatic heterocycles. The fraction of sp³-hybridized carbons (Fsp3) is 0.625. The van der Waals surface area contributed by atoms with Crippen molar-refractivity contribution in [1.29, 1.82) is 0 Å². The van der Waals surface area contributed by atoms with Crippen LogP contribution in [0.2, 0.25) is 0 Å². The molecule has 0 N–H and O–H groups in total. The lowest BCUT2D eigenvalue weighted by Crippen LogP contribution is -2.09. The fourth-order valence-corrected chi connectivity index (χ4v) is 2.53. The molecule has 0 aromatic carbocycles. The van der Waals surface area contributed by atoms with Crippen molar-refractivity contribution < 1.29 is 4.74 Å². The topological polar surface area (TPSA) is 9.23 Å². The summed E-state index contributed by atoms with van der Waals surface area (Å²) in [6.07, 6.45) is 18.2. The van der Waals surface area contributed by atoms with Gasteiger partial charge < -0.3 is 4.74 Å². The average Bonchev–Trinajstić information content (AvgIpc) is 2.52. The van der Waals surface area contributed by atoms with Crippen LogP contribution in [0, 0.1) is 0 Å². The van der Waals surface area contributed by atoms with E-state index in [4.69, 9.17) is 4.74 Å². The van der Waals surface area contributed by atoms with Gasteiger partial charge in [0.15, 0.2) is 0 Å². The van der Waals surface area contributed by atoms with E-state index in [2.05, 4.69) is 31.2 Å². The van der Waals surface area contributed by atoms with E-state index >= 15 is 0 Å². The molecule has 1 heteroatoms. The lowest BCUT2D eigenvalue weighted by atomic mass is 10.0. The van der Waals surface area contributed by atoms with E-state index in [1.807, 2.05) is 0 Å². The molecule has 2 heterocycles. The first-order chi connectivity index (χ1) is 8.34. The van der Waals surface area contributed by atoms with Crippen LogP contribution in [0.15, 0.2) is 35.5 Å². The highest BCUT2D eigenvalue weighted by Gasteiger charge is 2.12. The SMILES string of the molecule is C/C1=C/C2CCC/C(=C\C=C/CCCC1)CO2. The summed E-state index contributed by atoms with van der Waals surface area (Å²) in [7, 11) is 0. The lowest BCUT2D eigenvalue weighted by Gasteiger charge is -2.12. The summed E-state index contributed by atoms with van der Waals surface area (Å²) in [6.45, 7) is 3.07. The van der Waals surface area contributed by atoms with E-state index in [-0.39, 0.29) is 0 Å². The van der Waals surface area contributed by atoms with Crippen molar-refractivity contribution in [3.05, 3.63) is 35.5 Å². The van der Waals surface area contributed by atoms with Gasteiger partial charge in [-0.1, -0.05) is 29.9 Å². The summed E-state index contributed by atoms with van der Waals surface area (Å²) < 4.78 is 5.97. The number of hydrogen-bond acceptors (Lipinski definition) is 1. The van der Waals surface area contributed by atoms with Crippen LogP contribution in [0.1, 0.15) is 51.9 Å². The zero-order valence-electron chi connectivity index (χ0n) is 11.0. The van der Waals surface area contributed by atoms with Gasteiger partial charge in [-0.3, -0.25) is 0 Å². The van der Waals surface area contributed by atoms with Crippen molar-refractivity contribution in [3.63, 3.8) is 0 Å². The van der Waals surface area contributed by atoms with E-state index in [1.165, 1.54) is 56.1 Å². The standard InChI is InChI=1S/C16H24O/c1-14-8-5-3-2-4-6-9-15-10-7-11-16(12-14)17-13-15/h4,6,9,12,16H,2-3,5,7-8,10-11,13H2,1H3/b6-4-,14-12-,15-9+. The van der Waals surface area contributed by atoms with Crippen LogP contribution in [0.25, 0.3) is 0 Å². The van der Waals surface area contributed by atoms with Gasteiger partial charge in [0.2, 0.25) is 0 Å². The van der Waals surface area contributed by atoms with Crippen molar-refractivity contribution in [2.24, 2.45) is 0 Å². The Balaban J connectivity index is 2.09. The smallest absolute Gasteiger partial charge is 0.0762 e. The summed E-state index contributed by atoms with van der Waals surface area (Å²) in [6, 6.07) is 0.